The van der Waals surface area contributed by atoms with E-state index in [0.29, 0.717) is 22.9 Å². The molecule has 1 aromatic heterocycles. The van der Waals surface area contributed by atoms with Gasteiger partial charge in [-0.25, -0.2) is 4.98 Å². The van der Waals surface area contributed by atoms with Gasteiger partial charge in [-0.3, -0.25) is 4.79 Å². The fourth-order valence-electron chi connectivity index (χ4n) is 2.52. The summed E-state index contributed by atoms with van der Waals surface area (Å²) in [5.41, 5.74) is 3.33. The molecule has 138 valence electrons. The Hall–Kier alpha value is -3.54. The van der Waals surface area contributed by atoms with E-state index in [2.05, 4.69) is 15.6 Å². The third-order valence-electron chi connectivity index (χ3n) is 3.99. The predicted octanol–water partition coefficient (Wildman–Crippen LogP) is 4.40. The second-order valence-corrected chi connectivity index (χ2v) is 5.95. The summed E-state index contributed by atoms with van der Waals surface area (Å²) in [6.45, 7) is 1.98. The van der Waals surface area contributed by atoms with E-state index in [0.717, 1.165) is 16.9 Å². The van der Waals surface area contributed by atoms with Crippen LogP contribution in [-0.4, -0.2) is 25.1 Å². The van der Waals surface area contributed by atoms with E-state index in [1.165, 1.54) is 0 Å². The first-order valence-corrected chi connectivity index (χ1v) is 8.42. The minimum atomic E-state index is -0.192. The molecule has 0 radical (unpaired) electrons. The largest absolute Gasteiger partial charge is 0.493 e. The van der Waals surface area contributed by atoms with Crippen molar-refractivity contribution in [1.82, 2.24) is 4.98 Å². The third kappa shape index (κ3) is 4.55. The molecular formula is C21H21N3O3. The Labute approximate surface area is 158 Å². The average Bonchev–Trinajstić information content (AvgIpc) is 2.69. The fourth-order valence-corrected chi connectivity index (χ4v) is 2.52. The van der Waals surface area contributed by atoms with Crippen molar-refractivity contribution in [3.05, 3.63) is 71.9 Å². The summed E-state index contributed by atoms with van der Waals surface area (Å²) in [5, 5.41) is 6.03. The number of nitrogens with zero attached hydrogens (tertiary/aromatic N) is 1. The molecule has 0 atom stereocenters. The standard InChI is InChI=1S/C21H21N3O3/c1-14-4-6-15(7-5-14)21(25)24-20-11-9-17(13-22-20)23-16-8-10-18(26-2)19(12-16)27-3/h4-13,23H,1-3H3,(H,22,24,25). The number of hydrogen-bond donors (Lipinski definition) is 2. The normalized spacial score (nSPS) is 10.2. The fraction of sp³-hybridized carbons (Fsp3) is 0.143. The average molecular weight is 363 g/mol. The molecule has 1 amide bonds. The Morgan fingerprint density at radius 2 is 1.59 bits per heavy atom. The van der Waals surface area contributed by atoms with Crippen LogP contribution in [-0.2, 0) is 0 Å². The Morgan fingerprint density at radius 3 is 2.22 bits per heavy atom. The highest BCUT2D eigenvalue weighted by atomic mass is 16.5. The number of ether oxygens (including phenoxy) is 2. The van der Waals surface area contributed by atoms with Crippen LogP contribution in [0, 0.1) is 6.92 Å². The zero-order chi connectivity index (χ0) is 19.2. The Morgan fingerprint density at radius 1 is 0.889 bits per heavy atom. The van der Waals surface area contributed by atoms with E-state index in [-0.39, 0.29) is 5.91 Å². The molecule has 0 unspecified atom stereocenters. The Balaban J connectivity index is 1.66. The Bertz CT molecular complexity index is 922. The number of aryl methyl sites for hydroxylation is 1. The number of nitrogens with one attached hydrogen (secondary N) is 2. The maximum Gasteiger partial charge on any atom is 0.256 e. The topological polar surface area (TPSA) is 72.5 Å². The number of hydrogen-bond acceptors (Lipinski definition) is 5. The van der Waals surface area contributed by atoms with E-state index in [1.54, 1.807) is 38.6 Å². The molecule has 0 saturated carbocycles. The molecular weight excluding hydrogens is 342 g/mol. The van der Waals surface area contributed by atoms with Crippen LogP contribution in [0.3, 0.4) is 0 Å². The molecule has 3 aromatic rings. The van der Waals surface area contributed by atoms with E-state index in [4.69, 9.17) is 9.47 Å². The van der Waals surface area contributed by atoms with Gasteiger partial charge in [0.2, 0.25) is 0 Å². The summed E-state index contributed by atoms with van der Waals surface area (Å²) in [4.78, 5) is 16.5. The quantitative estimate of drug-likeness (QED) is 0.679. The summed E-state index contributed by atoms with van der Waals surface area (Å²) in [7, 11) is 3.19. The first-order valence-electron chi connectivity index (χ1n) is 8.42. The molecule has 0 bridgehead atoms. The van der Waals surface area contributed by atoms with E-state index < -0.39 is 0 Å². The third-order valence-corrected chi connectivity index (χ3v) is 3.99. The minimum absolute atomic E-state index is 0.192. The Kier molecular flexibility index (Phi) is 5.56. The van der Waals surface area contributed by atoms with Crippen LogP contribution in [0.2, 0.25) is 0 Å². The molecule has 2 aromatic carbocycles. The lowest BCUT2D eigenvalue weighted by atomic mass is 10.1. The number of anilines is 3. The lowest BCUT2D eigenvalue weighted by Crippen LogP contribution is -2.12. The van der Waals surface area contributed by atoms with Crippen LogP contribution in [0.1, 0.15) is 15.9 Å². The van der Waals surface area contributed by atoms with Gasteiger partial charge in [-0.15, -0.1) is 0 Å². The van der Waals surface area contributed by atoms with Gasteiger partial charge in [-0.1, -0.05) is 17.7 Å². The highest BCUT2D eigenvalue weighted by Crippen LogP contribution is 2.31. The molecule has 0 aliphatic heterocycles. The molecule has 6 nitrogen and oxygen atoms in total. The zero-order valence-electron chi connectivity index (χ0n) is 15.4. The summed E-state index contributed by atoms with van der Waals surface area (Å²) in [6, 6.07) is 16.5. The minimum Gasteiger partial charge on any atom is -0.493 e. The monoisotopic (exact) mass is 363 g/mol. The number of carbonyl (C=O) groups is 1. The van der Waals surface area contributed by atoms with Crippen molar-refractivity contribution in [1.29, 1.82) is 0 Å². The number of rotatable bonds is 6. The van der Waals surface area contributed by atoms with Crippen molar-refractivity contribution in [2.75, 3.05) is 24.9 Å². The molecule has 0 fully saturated rings. The highest BCUT2D eigenvalue weighted by Gasteiger charge is 2.07. The first-order chi connectivity index (χ1) is 13.1. The molecule has 3 rings (SSSR count). The van der Waals surface area contributed by atoms with E-state index >= 15 is 0 Å². The van der Waals surface area contributed by atoms with Crippen LogP contribution >= 0.6 is 0 Å². The van der Waals surface area contributed by atoms with Gasteiger partial charge < -0.3 is 20.1 Å². The van der Waals surface area contributed by atoms with Crippen molar-refractivity contribution in [3.63, 3.8) is 0 Å². The van der Waals surface area contributed by atoms with Crippen LogP contribution in [0.15, 0.2) is 60.8 Å². The predicted molar refractivity (Wildman–Crippen MR) is 106 cm³/mol. The van der Waals surface area contributed by atoms with Crippen LogP contribution < -0.4 is 20.1 Å². The summed E-state index contributed by atoms with van der Waals surface area (Å²) in [5.74, 6) is 1.59. The number of pyridine rings is 1. The second-order valence-electron chi connectivity index (χ2n) is 5.95. The van der Waals surface area contributed by atoms with Crippen molar-refractivity contribution in [2.45, 2.75) is 6.92 Å². The summed E-state index contributed by atoms with van der Waals surface area (Å²) >= 11 is 0. The van der Waals surface area contributed by atoms with Crippen molar-refractivity contribution < 1.29 is 14.3 Å². The van der Waals surface area contributed by atoms with Gasteiger partial charge >= 0.3 is 0 Å². The maximum absolute atomic E-state index is 12.2. The number of methoxy groups -OCH3 is 2. The molecule has 0 spiro atoms. The summed E-state index contributed by atoms with van der Waals surface area (Å²) in [6.07, 6.45) is 1.65. The smallest absolute Gasteiger partial charge is 0.256 e. The molecule has 0 aliphatic rings. The first kappa shape index (κ1) is 18.3. The number of carbonyl (C=O) groups excluding carboxylic acids is 1. The molecule has 27 heavy (non-hydrogen) atoms. The van der Waals surface area contributed by atoms with Crippen LogP contribution in [0.5, 0.6) is 11.5 Å². The van der Waals surface area contributed by atoms with Gasteiger partial charge in [-0.05, 0) is 43.3 Å². The molecule has 6 heteroatoms. The lowest BCUT2D eigenvalue weighted by Gasteiger charge is -2.11. The van der Waals surface area contributed by atoms with Gasteiger partial charge in [0.25, 0.3) is 5.91 Å². The lowest BCUT2D eigenvalue weighted by molar-refractivity contribution is 0.102. The van der Waals surface area contributed by atoms with Gasteiger partial charge in [0.1, 0.15) is 5.82 Å². The zero-order valence-corrected chi connectivity index (χ0v) is 15.4. The van der Waals surface area contributed by atoms with E-state index in [9.17, 15) is 4.79 Å². The highest BCUT2D eigenvalue weighted by molar-refractivity contribution is 6.03. The van der Waals surface area contributed by atoms with Gasteiger partial charge in [0.05, 0.1) is 26.1 Å². The van der Waals surface area contributed by atoms with Gasteiger partial charge in [-0.2, -0.15) is 0 Å². The number of benzene rings is 2. The molecule has 0 saturated heterocycles. The van der Waals surface area contributed by atoms with Gasteiger partial charge in [0.15, 0.2) is 11.5 Å². The summed E-state index contributed by atoms with van der Waals surface area (Å²) < 4.78 is 10.5. The van der Waals surface area contributed by atoms with E-state index in [1.807, 2.05) is 43.3 Å². The maximum atomic E-state index is 12.2. The van der Waals surface area contributed by atoms with Crippen molar-refractivity contribution in [3.8, 4) is 11.5 Å². The van der Waals surface area contributed by atoms with Gasteiger partial charge in [0, 0.05) is 17.3 Å². The molecule has 0 aliphatic carbocycles. The molecule has 2 N–H and O–H groups in total. The van der Waals surface area contributed by atoms with Crippen LogP contribution in [0.4, 0.5) is 17.2 Å². The van der Waals surface area contributed by atoms with Crippen molar-refractivity contribution >= 4 is 23.1 Å². The second kappa shape index (κ2) is 8.23. The SMILES string of the molecule is COc1ccc(Nc2ccc(NC(=O)c3ccc(C)cc3)nc2)cc1OC. The number of aromatic nitrogens is 1. The van der Waals surface area contributed by atoms with Crippen LogP contribution in [0.25, 0.3) is 0 Å². The molecule has 1 heterocycles. The van der Waals surface area contributed by atoms with Crippen molar-refractivity contribution in [2.24, 2.45) is 0 Å². The number of amides is 1.